The number of aromatic amines is 1. The zero-order valence-electron chi connectivity index (χ0n) is 16.7. The quantitative estimate of drug-likeness (QED) is 0.338. The van der Waals surface area contributed by atoms with Crippen molar-refractivity contribution in [2.45, 2.75) is 26.2 Å². The molecular formula is C22H21FN4O4. The van der Waals surface area contributed by atoms with Crippen LogP contribution in [-0.4, -0.2) is 34.2 Å². The van der Waals surface area contributed by atoms with Gasteiger partial charge in [-0.3, -0.25) is 10.1 Å². The summed E-state index contributed by atoms with van der Waals surface area (Å²) in [5, 5.41) is 16.1. The van der Waals surface area contributed by atoms with Crippen molar-refractivity contribution in [1.82, 2.24) is 15.7 Å². The number of urea groups is 1. The summed E-state index contributed by atoms with van der Waals surface area (Å²) >= 11 is 0. The molecule has 0 unspecified atom stereocenters. The number of H-pyrrole nitrogens is 1. The maximum absolute atomic E-state index is 13.7. The van der Waals surface area contributed by atoms with E-state index in [0.29, 0.717) is 22.9 Å². The Morgan fingerprint density at radius 3 is 2.74 bits per heavy atom. The molecule has 3 aromatic rings. The summed E-state index contributed by atoms with van der Waals surface area (Å²) in [5.74, 6) is -2.08. The number of rotatable bonds is 7. The van der Waals surface area contributed by atoms with E-state index < -0.39 is 17.8 Å². The van der Waals surface area contributed by atoms with E-state index >= 15 is 0 Å². The maximum atomic E-state index is 13.7. The number of halogens is 1. The molecule has 31 heavy (non-hydrogen) atoms. The number of hydrogen-bond acceptors (Lipinski definition) is 4. The highest BCUT2D eigenvalue weighted by atomic mass is 19.1. The second-order valence-corrected chi connectivity index (χ2v) is 6.85. The Bertz CT molecular complexity index is 1170. The average Bonchev–Trinajstić information content (AvgIpc) is 3.14. The Hall–Kier alpha value is -4.01. The molecule has 9 heteroatoms. The predicted octanol–water partition coefficient (Wildman–Crippen LogP) is 4.02. The van der Waals surface area contributed by atoms with E-state index in [1.807, 2.05) is 6.92 Å². The SMILES string of the molecule is CCCCC(=O)NC(=O)N/N=C/c1c[nH]c2ccc(-c3cc(F)ccc3C(=O)O)cc12. The number of carbonyl (C=O) groups is 3. The van der Waals surface area contributed by atoms with Gasteiger partial charge in [-0.15, -0.1) is 0 Å². The molecule has 0 saturated heterocycles. The summed E-state index contributed by atoms with van der Waals surface area (Å²) in [4.78, 5) is 37.8. The van der Waals surface area contributed by atoms with Crippen molar-refractivity contribution in [3.05, 3.63) is 59.5 Å². The molecule has 0 fully saturated rings. The third-order valence-electron chi connectivity index (χ3n) is 4.62. The summed E-state index contributed by atoms with van der Waals surface area (Å²) in [6, 6.07) is 7.91. The Labute approximate surface area is 177 Å². The third kappa shape index (κ3) is 5.33. The van der Waals surface area contributed by atoms with E-state index in [1.54, 1.807) is 24.4 Å². The highest BCUT2D eigenvalue weighted by Gasteiger charge is 2.14. The fraction of sp³-hybridized carbons (Fsp3) is 0.182. The molecule has 0 spiro atoms. The van der Waals surface area contributed by atoms with Crippen molar-refractivity contribution in [2.24, 2.45) is 5.10 Å². The summed E-state index contributed by atoms with van der Waals surface area (Å²) in [5.41, 5.74) is 4.34. The summed E-state index contributed by atoms with van der Waals surface area (Å²) in [6.07, 6.45) is 4.85. The number of unbranched alkanes of at least 4 members (excludes halogenated alkanes) is 1. The fourth-order valence-electron chi connectivity index (χ4n) is 3.07. The average molecular weight is 424 g/mol. The van der Waals surface area contributed by atoms with Gasteiger partial charge in [-0.2, -0.15) is 5.10 Å². The van der Waals surface area contributed by atoms with E-state index in [-0.39, 0.29) is 23.5 Å². The first-order valence-electron chi connectivity index (χ1n) is 9.66. The van der Waals surface area contributed by atoms with Crippen LogP contribution in [0.2, 0.25) is 0 Å². The van der Waals surface area contributed by atoms with Crippen LogP contribution in [0.4, 0.5) is 9.18 Å². The van der Waals surface area contributed by atoms with Gasteiger partial charge in [0.25, 0.3) is 0 Å². The molecule has 3 amide bonds. The molecule has 0 aliphatic carbocycles. The van der Waals surface area contributed by atoms with Crippen LogP contribution in [0, 0.1) is 5.82 Å². The number of aromatic nitrogens is 1. The van der Waals surface area contributed by atoms with Crippen LogP contribution in [0.25, 0.3) is 22.0 Å². The van der Waals surface area contributed by atoms with Crippen LogP contribution >= 0.6 is 0 Å². The molecule has 8 nitrogen and oxygen atoms in total. The van der Waals surface area contributed by atoms with Crippen molar-refractivity contribution in [2.75, 3.05) is 0 Å². The Balaban J connectivity index is 1.81. The van der Waals surface area contributed by atoms with Gasteiger partial charge < -0.3 is 10.1 Å². The van der Waals surface area contributed by atoms with E-state index in [4.69, 9.17) is 0 Å². The van der Waals surface area contributed by atoms with Crippen LogP contribution in [0.3, 0.4) is 0 Å². The van der Waals surface area contributed by atoms with Gasteiger partial charge in [0.2, 0.25) is 5.91 Å². The van der Waals surface area contributed by atoms with Crippen LogP contribution < -0.4 is 10.7 Å². The molecule has 1 aromatic heterocycles. The van der Waals surface area contributed by atoms with Gasteiger partial charge in [-0.05, 0) is 47.9 Å². The van der Waals surface area contributed by atoms with Gasteiger partial charge in [0.05, 0.1) is 11.8 Å². The van der Waals surface area contributed by atoms with E-state index in [1.165, 1.54) is 18.3 Å². The zero-order chi connectivity index (χ0) is 22.4. The summed E-state index contributed by atoms with van der Waals surface area (Å²) in [7, 11) is 0. The van der Waals surface area contributed by atoms with Crippen LogP contribution in [-0.2, 0) is 4.79 Å². The number of fused-ring (bicyclic) bond motifs is 1. The third-order valence-corrected chi connectivity index (χ3v) is 4.62. The van der Waals surface area contributed by atoms with Gasteiger partial charge in [0, 0.05) is 29.1 Å². The van der Waals surface area contributed by atoms with Crippen molar-refractivity contribution in [3.63, 3.8) is 0 Å². The lowest BCUT2D eigenvalue weighted by Gasteiger charge is -2.07. The summed E-state index contributed by atoms with van der Waals surface area (Å²) in [6.45, 7) is 1.95. The number of benzene rings is 2. The second kappa shape index (κ2) is 9.66. The smallest absolute Gasteiger partial charge is 0.341 e. The minimum Gasteiger partial charge on any atom is -0.478 e. The lowest BCUT2D eigenvalue weighted by atomic mass is 9.98. The number of hydrazone groups is 1. The molecule has 0 radical (unpaired) electrons. The number of amides is 3. The number of aromatic carboxylic acids is 1. The molecule has 2 aromatic carbocycles. The van der Waals surface area contributed by atoms with E-state index in [9.17, 15) is 23.9 Å². The maximum Gasteiger partial charge on any atom is 0.341 e. The van der Waals surface area contributed by atoms with Crippen molar-refractivity contribution in [1.29, 1.82) is 0 Å². The fourth-order valence-corrected chi connectivity index (χ4v) is 3.07. The first-order valence-corrected chi connectivity index (χ1v) is 9.66. The molecule has 0 saturated carbocycles. The Morgan fingerprint density at radius 2 is 2.00 bits per heavy atom. The van der Waals surface area contributed by atoms with E-state index in [0.717, 1.165) is 18.0 Å². The zero-order valence-corrected chi connectivity index (χ0v) is 16.7. The largest absolute Gasteiger partial charge is 0.478 e. The molecule has 0 atom stereocenters. The minimum absolute atomic E-state index is 0.0161. The molecule has 0 aliphatic heterocycles. The second-order valence-electron chi connectivity index (χ2n) is 6.85. The normalized spacial score (nSPS) is 11.0. The Morgan fingerprint density at radius 1 is 1.19 bits per heavy atom. The van der Waals surface area contributed by atoms with Crippen LogP contribution in [0.1, 0.15) is 42.1 Å². The first-order chi connectivity index (χ1) is 14.9. The number of carboxylic acids is 1. The standard InChI is InChI=1S/C22H21FN4O4/c1-2-3-4-20(28)26-22(31)27-25-12-14-11-24-19-8-5-13(9-18(14)19)17-10-15(23)6-7-16(17)21(29)30/h5-12,24H,2-4H2,1H3,(H,29,30)(H2,26,27,28,31)/b25-12+. The molecule has 0 bridgehead atoms. The minimum atomic E-state index is -1.16. The van der Waals surface area contributed by atoms with Crippen molar-refractivity contribution < 1.29 is 23.9 Å². The van der Waals surface area contributed by atoms with Gasteiger partial charge >= 0.3 is 12.0 Å². The van der Waals surface area contributed by atoms with Gasteiger partial charge in [0.15, 0.2) is 0 Å². The number of nitrogens with one attached hydrogen (secondary N) is 3. The van der Waals surface area contributed by atoms with Crippen LogP contribution in [0.15, 0.2) is 47.7 Å². The molecule has 0 aliphatic rings. The van der Waals surface area contributed by atoms with Gasteiger partial charge in [-0.25, -0.2) is 19.4 Å². The Kier molecular flexibility index (Phi) is 6.76. The predicted molar refractivity (Wildman–Crippen MR) is 114 cm³/mol. The van der Waals surface area contributed by atoms with Crippen molar-refractivity contribution in [3.8, 4) is 11.1 Å². The molecule has 4 N–H and O–H groups in total. The molecule has 160 valence electrons. The van der Waals surface area contributed by atoms with Crippen molar-refractivity contribution >= 4 is 35.0 Å². The number of hydrogen-bond donors (Lipinski definition) is 4. The number of carbonyl (C=O) groups excluding carboxylic acids is 2. The monoisotopic (exact) mass is 424 g/mol. The van der Waals surface area contributed by atoms with Gasteiger partial charge in [-0.1, -0.05) is 19.4 Å². The van der Waals surface area contributed by atoms with E-state index in [2.05, 4.69) is 20.8 Å². The lowest BCUT2D eigenvalue weighted by molar-refractivity contribution is -0.120. The number of imide groups is 1. The molecule has 1 heterocycles. The summed E-state index contributed by atoms with van der Waals surface area (Å²) < 4.78 is 13.7. The van der Waals surface area contributed by atoms with Crippen LogP contribution in [0.5, 0.6) is 0 Å². The van der Waals surface area contributed by atoms with Gasteiger partial charge in [0.1, 0.15) is 5.82 Å². The number of nitrogens with zero attached hydrogens (tertiary/aromatic N) is 1. The highest BCUT2D eigenvalue weighted by molar-refractivity contribution is 6.03. The topological polar surface area (TPSA) is 124 Å². The molecule has 3 rings (SSSR count). The highest BCUT2D eigenvalue weighted by Crippen LogP contribution is 2.29. The lowest BCUT2D eigenvalue weighted by Crippen LogP contribution is -2.36. The number of carboxylic acid groups (broad SMARTS) is 1. The first kappa shape index (κ1) is 21.7. The molecular weight excluding hydrogens is 403 g/mol.